The number of ether oxygens (including phenoxy) is 2. The molecule has 0 spiro atoms. The van der Waals surface area contributed by atoms with Crippen molar-refractivity contribution in [3.63, 3.8) is 0 Å². The van der Waals surface area contributed by atoms with Gasteiger partial charge in [-0.05, 0) is 36.5 Å². The summed E-state index contributed by atoms with van der Waals surface area (Å²) in [6, 6.07) is 16.6. The lowest BCUT2D eigenvalue weighted by Crippen LogP contribution is -2.34. The smallest absolute Gasteiger partial charge is 0.437 e. The fourth-order valence-corrected chi connectivity index (χ4v) is 9.33. The molecule has 2 fully saturated rings. The number of nitrogens with zero attached hydrogens (tertiary/aromatic N) is 8. The van der Waals surface area contributed by atoms with Crippen molar-refractivity contribution in [3.8, 4) is 0 Å². The summed E-state index contributed by atoms with van der Waals surface area (Å²) in [6.45, 7) is -9.91. The Kier molecular flexibility index (Phi) is 10.7. The number of benzene rings is 2. The van der Waals surface area contributed by atoms with Crippen LogP contribution in [0.25, 0.3) is 22.3 Å². The number of imidazole rings is 2. The van der Waals surface area contributed by atoms with E-state index >= 15 is 8.78 Å². The number of anilines is 2. The zero-order valence-corrected chi connectivity index (χ0v) is 33.7. The standard InChI is InChI=1S/C34H28F2N10O10P2S2/c35-21-25-19(53-33(21)45-15-41-23-27(37-13-39-29(23)45)43-31(47)17-7-3-1-4-8-17)11-51-58(50,60)56-26-20(12-52-57(49,59)55-25)54-34(22(26)36)46-16-42-24-28(38-14-40-30(24)46)44-32(48)18-9-5-2-6-10-18/h1-11,13-16,20-22,25-26,33-34H,12H2,(H,49,59)(H,50,60)(H,37,39,43,47)(H,38,40,44,48)/b19-11-/t20-,21-,22-,25-,26-,33-,34-,57-,58-/m1/s1. The van der Waals surface area contributed by atoms with E-state index in [0.717, 1.165) is 17.2 Å². The molecule has 26 heteroatoms. The van der Waals surface area contributed by atoms with Crippen molar-refractivity contribution in [2.45, 2.75) is 43.1 Å². The van der Waals surface area contributed by atoms with Crippen LogP contribution in [0, 0.1) is 0 Å². The van der Waals surface area contributed by atoms with Crippen molar-refractivity contribution < 1.29 is 55.1 Å². The highest BCUT2D eigenvalue weighted by molar-refractivity contribution is 8.44. The maximum atomic E-state index is 16.5. The number of hydrogen-bond acceptors (Lipinski definition) is 16. The Hall–Kier alpha value is -5.32. The highest BCUT2D eigenvalue weighted by atomic mass is 32.7. The fourth-order valence-electron chi connectivity index (χ4n) is 6.61. The number of amides is 2. The zero-order chi connectivity index (χ0) is 41.8. The Morgan fingerprint density at radius 1 is 0.717 bits per heavy atom. The molecule has 20 nitrogen and oxygen atoms in total. The Balaban J connectivity index is 0.958. The van der Waals surface area contributed by atoms with Crippen molar-refractivity contribution in [1.29, 1.82) is 0 Å². The zero-order valence-electron chi connectivity index (χ0n) is 30.1. The van der Waals surface area contributed by atoms with Crippen molar-refractivity contribution in [2.24, 2.45) is 0 Å². The normalized spacial score (nSPS) is 30.1. The number of alkyl halides is 2. The molecular formula is C34H28F2N10O10P2S2. The fraction of sp³-hybridized carbons (Fsp3) is 0.235. The summed E-state index contributed by atoms with van der Waals surface area (Å²) in [5.41, 5.74) is 0.903. The van der Waals surface area contributed by atoms with E-state index in [4.69, 9.17) is 27.6 Å². The van der Waals surface area contributed by atoms with E-state index in [1.807, 2.05) is 0 Å². The molecule has 2 N–H and O–H groups in total. The number of halogens is 2. The van der Waals surface area contributed by atoms with Gasteiger partial charge in [-0.25, -0.2) is 47.8 Å². The maximum Gasteiger partial charge on any atom is 0.437 e. The van der Waals surface area contributed by atoms with E-state index in [0.29, 0.717) is 17.4 Å². The number of carbonyl (C=O) groups is 2. The van der Waals surface area contributed by atoms with Crippen LogP contribution in [-0.4, -0.2) is 88.1 Å². The van der Waals surface area contributed by atoms with Crippen LogP contribution in [0.1, 0.15) is 33.2 Å². The van der Waals surface area contributed by atoms with Gasteiger partial charge in [-0.2, -0.15) is 0 Å². The molecule has 3 aliphatic rings. The summed E-state index contributed by atoms with van der Waals surface area (Å²) < 4.78 is 96.3. The molecule has 0 aliphatic carbocycles. The van der Waals surface area contributed by atoms with Crippen molar-refractivity contribution >= 4 is 83.9 Å². The topological polar surface area (TPSA) is 235 Å². The summed E-state index contributed by atoms with van der Waals surface area (Å²) in [4.78, 5) is 50.8. The van der Waals surface area contributed by atoms with Crippen LogP contribution in [0.4, 0.5) is 20.4 Å². The van der Waals surface area contributed by atoms with E-state index in [1.54, 1.807) is 60.7 Å². The third-order valence-electron chi connectivity index (χ3n) is 9.37. The number of aromatic nitrogens is 8. The molecule has 7 heterocycles. The van der Waals surface area contributed by atoms with Crippen molar-refractivity contribution in [1.82, 2.24) is 39.0 Å². The van der Waals surface area contributed by atoms with Crippen LogP contribution in [0.3, 0.4) is 0 Å². The number of fused-ring (bicyclic) bond motifs is 4. The highest BCUT2D eigenvalue weighted by Gasteiger charge is 2.53. The average Bonchev–Trinajstić information content (AvgIpc) is 4.01. The minimum atomic E-state index is -4.60. The Labute approximate surface area is 346 Å². The number of nitrogens with one attached hydrogen (secondary N) is 2. The van der Waals surface area contributed by atoms with Crippen LogP contribution in [-0.2, 0) is 36.7 Å². The lowest BCUT2D eigenvalue weighted by Gasteiger charge is -2.25. The first-order chi connectivity index (χ1) is 28.9. The second-order valence-electron chi connectivity index (χ2n) is 13.1. The molecule has 2 aromatic carbocycles. The highest BCUT2D eigenvalue weighted by Crippen LogP contribution is 2.61. The van der Waals surface area contributed by atoms with Gasteiger partial charge in [-0.3, -0.25) is 32.3 Å². The van der Waals surface area contributed by atoms with Crippen LogP contribution >= 0.6 is 38.1 Å². The molecule has 0 radical (unpaired) electrons. The van der Waals surface area contributed by atoms with Crippen molar-refractivity contribution in [3.05, 3.63) is 109 Å². The van der Waals surface area contributed by atoms with Gasteiger partial charge in [0.1, 0.15) is 37.5 Å². The average molecular weight is 901 g/mol. The van der Waals surface area contributed by atoms with Gasteiger partial charge in [0.05, 0.1) is 12.9 Å². The Morgan fingerprint density at radius 3 is 1.83 bits per heavy atom. The summed E-state index contributed by atoms with van der Waals surface area (Å²) in [6.07, 6.45) is -7.37. The molecule has 310 valence electrons. The summed E-state index contributed by atoms with van der Waals surface area (Å²) >= 11 is 8.06. The third kappa shape index (κ3) is 7.76. The van der Waals surface area contributed by atoms with E-state index in [2.05, 4.69) is 65.0 Å². The van der Waals surface area contributed by atoms with Gasteiger partial charge in [0.2, 0.25) is 6.23 Å². The van der Waals surface area contributed by atoms with Gasteiger partial charge in [-0.1, -0.05) is 48.6 Å². The van der Waals surface area contributed by atoms with Crippen LogP contribution < -0.4 is 10.6 Å². The predicted octanol–water partition coefficient (Wildman–Crippen LogP) is 6.01. The summed E-state index contributed by atoms with van der Waals surface area (Å²) in [5.74, 6) is -1.43. The van der Waals surface area contributed by atoms with E-state index in [9.17, 15) is 18.7 Å². The molecule has 60 heavy (non-hydrogen) atoms. The number of rotatable bonds is 6. The second-order valence-corrected chi connectivity index (χ2v) is 18.9. The third-order valence-corrected chi connectivity index (χ3v) is 12.4. The summed E-state index contributed by atoms with van der Waals surface area (Å²) in [5, 5.41) is 5.30. The Bertz CT molecular complexity index is 2760. The molecule has 4 aromatic heterocycles. The van der Waals surface area contributed by atoms with Gasteiger partial charge < -0.3 is 24.6 Å². The largest absolute Gasteiger partial charge is 0.465 e. The molecule has 6 aromatic rings. The van der Waals surface area contributed by atoms with Crippen LogP contribution in [0.5, 0.6) is 0 Å². The van der Waals surface area contributed by atoms with E-state index in [-0.39, 0.29) is 34.0 Å². The predicted molar refractivity (Wildman–Crippen MR) is 211 cm³/mol. The molecule has 3 aliphatic heterocycles. The minimum absolute atomic E-state index is 0.0143. The van der Waals surface area contributed by atoms with Gasteiger partial charge in [0.15, 0.2) is 64.4 Å². The number of thiol groups is 2. The molecular weight excluding hydrogens is 873 g/mol. The van der Waals surface area contributed by atoms with Crippen LogP contribution in [0.15, 0.2) is 98.0 Å². The van der Waals surface area contributed by atoms with Gasteiger partial charge in [0.25, 0.3) is 11.8 Å². The van der Waals surface area contributed by atoms with Gasteiger partial charge in [-0.15, -0.1) is 0 Å². The number of hydrogen-bond donors (Lipinski definition) is 4. The lowest BCUT2D eigenvalue weighted by atomic mass is 10.1. The monoisotopic (exact) mass is 900 g/mol. The SMILES string of the molecule is O=C(Nc1ncnc2c1ncn2[C@@H]1O[C@@H]2CO[P@@](=O)(S)O[C@@H]3/C(=C/O[P@@](=O)(S)O[C@H]2[C@H]1F)O[C@@H](n1cnc2c(NC(=O)c4ccccc4)ncnc21)[C@@H]3F)c1ccccc1. The Morgan fingerprint density at radius 2 is 1.27 bits per heavy atom. The first-order valence-electron chi connectivity index (χ1n) is 17.6. The molecule has 2 saturated heterocycles. The second kappa shape index (κ2) is 15.9. The number of carbonyl (C=O) groups excluding carboxylic acids is 2. The van der Waals surface area contributed by atoms with Gasteiger partial charge >= 0.3 is 13.6 Å². The molecule has 0 unspecified atom stereocenters. The molecule has 2 amide bonds. The lowest BCUT2D eigenvalue weighted by molar-refractivity contribution is -0.0418. The maximum absolute atomic E-state index is 16.5. The van der Waals surface area contributed by atoms with E-state index < -0.39 is 80.9 Å². The van der Waals surface area contributed by atoms with Crippen molar-refractivity contribution in [2.75, 3.05) is 17.2 Å². The molecule has 0 bridgehead atoms. The quantitative estimate of drug-likeness (QED) is 0.111. The molecule has 9 rings (SSSR count). The molecule has 0 saturated carbocycles. The first-order valence-corrected chi connectivity index (χ1v) is 23.0. The van der Waals surface area contributed by atoms with E-state index in [1.165, 1.54) is 17.2 Å². The van der Waals surface area contributed by atoms with Crippen LogP contribution in [0.2, 0.25) is 0 Å². The summed E-state index contributed by atoms with van der Waals surface area (Å²) in [7, 11) is 0. The first kappa shape index (κ1) is 40.1. The minimum Gasteiger partial charge on any atom is -0.465 e. The molecule has 9 atom stereocenters. The van der Waals surface area contributed by atoms with Gasteiger partial charge in [0, 0.05) is 11.1 Å².